The van der Waals surface area contributed by atoms with E-state index < -0.39 is 21.8 Å². The molecule has 1 aliphatic heterocycles. The molecule has 2 heterocycles. The van der Waals surface area contributed by atoms with Crippen LogP contribution in [0.25, 0.3) is 22.4 Å². The highest BCUT2D eigenvalue weighted by Gasteiger charge is 2.32. The minimum atomic E-state index is -4.51. The number of amides is 1. The number of aromatic hydroxyl groups is 1. The molecular weight excluding hydrogens is 531 g/mol. The quantitative estimate of drug-likeness (QED) is 0.308. The standard InChI is InChI=1S/C28H22F3N3O4S/c1-39(37,38)33-25-15-20(8-10-26(25)35)34-12-11-18-13-24(32-16-23(18)27(34)36)21-9-7-19(28(29,30)31)14-22(21)17-5-3-2-4-6-17/h2-10,13-16,33,35H,11-12H2,1H3. The molecule has 1 aromatic heterocycles. The number of alkyl halides is 3. The Hall–Kier alpha value is -4.38. The molecule has 2 N–H and O–H groups in total. The maximum absolute atomic E-state index is 13.5. The Balaban J connectivity index is 1.51. The van der Waals surface area contributed by atoms with Crippen LogP contribution in [-0.2, 0) is 22.6 Å². The average Bonchev–Trinajstić information content (AvgIpc) is 2.89. The highest BCUT2D eigenvalue weighted by atomic mass is 32.2. The summed E-state index contributed by atoms with van der Waals surface area (Å²) in [4.78, 5) is 19.2. The predicted octanol–water partition coefficient (Wildman–Crippen LogP) is 5.71. The van der Waals surface area contributed by atoms with Crippen LogP contribution in [-0.4, -0.2) is 37.2 Å². The number of hydrogen-bond acceptors (Lipinski definition) is 5. The van der Waals surface area contributed by atoms with Crippen LogP contribution in [0.15, 0.2) is 79.0 Å². The minimum Gasteiger partial charge on any atom is -0.506 e. The Morgan fingerprint density at radius 2 is 1.69 bits per heavy atom. The molecule has 0 aliphatic carbocycles. The lowest BCUT2D eigenvalue weighted by molar-refractivity contribution is -0.137. The fourth-order valence-electron chi connectivity index (χ4n) is 4.54. The van der Waals surface area contributed by atoms with Gasteiger partial charge in [0.15, 0.2) is 0 Å². The first kappa shape index (κ1) is 26.2. The van der Waals surface area contributed by atoms with Crippen LogP contribution in [0.2, 0.25) is 0 Å². The number of rotatable bonds is 5. The maximum atomic E-state index is 13.5. The van der Waals surface area contributed by atoms with Crippen molar-refractivity contribution in [3.05, 3.63) is 95.7 Å². The van der Waals surface area contributed by atoms with Crippen LogP contribution >= 0.6 is 0 Å². The van der Waals surface area contributed by atoms with Crippen molar-refractivity contribution in [2.45, 2.75) is 12.6 Å². The molecule has 39 heavy (non-hydrogen) atoms. The summed E-state index contributed by atoms with van der Waals surface area (Å²) in [7, 11) is -3.66. The van der Waals surface area contributed by atoms with Gasteiger partial charge >= 0.3 is 6.18 Å². The SMILES string of the molecule is CS(=O)(=O)Nc1cc(N2CCc3cc(-c4ccc(C(F)(F)F)cc4-c4ccccc4)ncc3C2=O)ccc1O. The third-order valence-electron chi connectivity index (χ3n) is 6.36. The van der Waals surface area contributed by atoms with Crippen molar-refractivity contribution in [2.24, 2.45) is 0 Å². The summed E-state index contributed by atoms with van der Waals surface area (Å²) in [5.41, 5.74) is 2.48. The normalized spacial score (nSPS) is 13.7. The van der Waals surface area contributed by atoms with E-state index in [-0.39, 0.29) is 23.9 Å². The molecule has 0 saturated carbocycles. The van der Waals surface area contributed by atoms with Gasteiger partial charge in [-0.2, -0.15) is 13.2 Å². The Kier molecular flexibility index (Phi) is 6.55. The van der Waals surface area contributed by atoms with Crippen LogP contribution < -0.4 is 9.62 Å². The van der Waals surface area contributed by atoms with Crippen LogP contribution in [0.1, 0.15) is 21.5 Å². The second kappa shape index (κ2) is 9.73. The predicted molar refractivity (Wildman–Crippen MR) is 142 cm³/mol. The molecule has 3 aromatic carbocycles. The lowest BCUT2D eigenvalue weighted by Gasteiger charge is -2.29. The zero-order valence-electron chi connectivity index (χ0n) is 20.5. The number of carbonyl (C=O) groups excluding carboxylic acids is 1. The molecule has 0 saturated heterocycles. The van der Waals surface area contributed by atoms with Gasteiger partial charge in [-0.1, -0.05) is 36.4 Å². The van der Waals surface area contributed by atoms with E-state index >= 15 is 0 Å². The molecule has 4 aromatic rings. The van der Waals surface area contributed by atoms with Crippen molar-refractivity contribution in [2.75, 3.05) is 22.4 Å². The van der Waals surface area contributed by atoms with Crippen molar-refractivity contribution in [1.82, 2.24) is 4.98 Å². The van der Waals surface area contributed by atoms with E-state index in [1.54, 1.807) is 36.4 Å². The zero-order chi connectivity index (χ0) is 27.9. The minimum absolute atomic E-state index is 0.0576. The Morgan fingerprint density at radius 1 is 0.949 bits per heavy atom. The third kappa shape index (κ3) is 5.44. The van der Waals surface area contributed by atoms with Gasteiger partial charge in [0.05, 0.1) is 28.8 Å². The van der Waals surface area contributed by atoms with E-state index in [9.17, 15) is 31.5 Å². The Labute approximate surface area is 222 Å². The average molecular weight is 554 g/mol. The lowest BCUT2D eigenvalue weighted by atomic mass is 9.92. The van der Waals surface area contributed by atoms with E-state index in [1.807, 2.05) is 0 Å². The number of pyridine rings is 1. The summed E-state index contributed by atoms with van der Waals surface area (Å²) in [6.07, 6.45) is -1.73. The van der Waals surface area contributed by atoms with Crippen LogP contribution in [0.5, 0.6) is 5.75 Å². The van der Waals surface area contributed by atoms with Crippen LogP contribution in [0, 0.1) is 0 Å². The molecule has 0 spiro atoms. The molecule has 1 aliphatic rings. The van der Waals surface area contributed by atoms with Gasteiger partial charge < -0.3 is 10.0 Å². The number of anilines is 2. The number of fused-ring (bicyclic) bond motifs is 1. The molecule has 0 atom stereocenters. The first-order valence-electron chi connectivity index (χ1n) is 11.8. The summed E-state index contributed by atoms with van der Waals surface area (Å²) >= 11 is 0. The molecule has 0 unspecified atom stereocenters. The van der Waals surface area contributed by atoms with Gasteiger partial charge in [-0.3, -0.25) is 14.5 Å². The molecule has 1 amide bonds. The summed E-state index contributed by atoms with van der Waals surface area (Å²) in [6.45, 7) is 0.261. The highest BCUT2D eigenvalue weighted by Crippen LogP contribution is 2.39. The van der Waals surface area contributed by atoms with Gasteiger partial charge in [0.1, 0.15) is 5.75 Å². The summed E-state index contributed by atoms with van der Waals surface area (Å²) < 4.78 is 65.9. The van der Waals surface area contributed by atoms with Gasteiger partial charge in [-0.25, -0.2) is 8.42 Å². The summed E-state index contributed by atoms with van der Waals surface area (Å²) in [5, 5.41) is 10.0. The van der Waals surface area contributed by atoms with E-state index in [4.69, 9.17) is 0 Å². The summed E-state index contributed by atoms with van der Waals surface area (Å²) in [6, 6.07) is 18.1. The third-order valence-corrected chi connectivity index (χ3v) is 6.96. The Bertz CT molecular complexity index is 1690. The number of nitrogens with zero attached hydrogens (tertiary/aromatic N) is 2. The zero-order valence-corrected chi connectivity index (χ0v) is 21.3. The highest BCUT2D eigenvalue weighted by molar-refractivity contribution is 7.92. The fraction of sp³-hybridized carbons (Fsp3) is 0.143. The Morgan fingerprint density at radius 3 is 2.38 bits per heavy atom. The van der Waals surface area contributed by atoms with Crippen molar-refractivity contribution in [1.29, 1.82) is 0 Å². The number of benzene rings is 3. The number of halogens is 3. The molecule has 5 rings (SSSR count). The van der Waals surface area contributed by atoms with E-state index in [0.29, 0.717) is 45.6 Å². The molecule has 0 radical (unpaired) electrons. The van der Waals surface area contributed by atoms with Crippen molar-refractivity contribution < 1.29 is 31.5 Å². The van der Waals surface area contributed by atoms with Crippen LogP contribution in [0.4, 0.5) is 24.5 Å². The largest absolute Gasteiger partial charge is 0.506 e. The van der Waals surface area contributed by atoms with Gasteiger partial charge in [0, 0.05) is 24.0 Å². The number of carbonyl (C=O) groups is 1. The van der Waals surface area contributed by atoms with Gasteiger partial charge in [0.25, 0.3) is 5.91 Å². The molecule has 0 fully saturated rings. The second-order valence-electron chi connectivity index (χ2n) is 9.13. The second-order valence-corrected chi connectivity index (χ2v) is 10.9. The molecular formula is C28H22F3N3O4S. The van der Waals surface area contributed by atoms with Crippen molar-refractivity contribution in [3.8, 4) is 28.1 Å². The fourth-order valence-corrected chi connectivity index (χ4v) is 5.11. The monoisotopic (exact) mass is 553 g/mol. The smallest absolute Gasteiger partial charge is 0.416 e. The molecule has 7 nitrogen and oxygen atoms in total. The maximum Gasteiger partial charge on any atom is 0.416 e. The molecule has 0 bridgehead atoms. The topological polar surface area (TPSA) is 99.6 Å². The van der Waals surface area contributed by atoms with Gasteiger partial charge in [0.2, 0.25) is 10.0 Å². The molecule has 200 valence electrons. The van der Waals surface area contributed by atoms with Gasteiger partial charge in [-0.05, 0) is 59.5 Å². The van der Waals surface area contributed by atoms with Crippen LogP contribution in [0.3, 0.4) is 0 Å². The van der Waals surface area contributed by atoms with Crippen molar-refractivity contribution >= 4 is 27.3 Å². The van der Waals surface area contributed by atoms with E-state index in [0.717, 1.165) is 18.4 Å². The number of phenols is 1. The van der Waals surface area contributed by atoms with E-state index in [2.05, 4.69) is 9.71 Å². The molecule has 11 heteroatoms. The lowest BCUT2D eigenvalue weighted by Crippen LogP contribution is -2.37. The van der Waals surface area contributed by atoms with Gasteiger partial charge in [-0.15, -0.1) is 0 Å². The van der Waals surface area contributed by atoms with Crippen molar-refractivity contribution in [3.63, 3.8) is 0 Å². The number of phenolic OH excluding ortho intramolecular Hbond substituents is 1. The first-order chi connectivity index (χ1) is 18.4. The van der Waals surface area contributed by atoms with E-state index in [1.165, 1.54) is 35.4 Å². The number of sulfonamides is 1. The number of hydrogen-bond donors (Lipinski definition) is 2. The summed E-state index contributed by atoms with van der Waals surface area (Å²) in [5.74, 6) is -0.659. The number of nitrogens with one attached hydrogen (secondary N) is 1. The number of aromatic nitrogens is 1. The first-order valence-corrected chi connectivity index (χ1v) is 13.7.